The van der Waals surface area contributed by atoms with Gasteiger partial charge in [0.2, 0.25) is 0 Å². The van der Waals surface area contributed by atoms with Crippen molar-refractivity contribution in [1.29, 1.82) is 0 Å². The zero-order valence-corrected chi connectivity index (χ0v) is 13.6. The number of halogens is 2. The molecule has 0 spiro atoms. The van der Waals surface area contributed by atoms with E-state index in [-0.39, 0.29) is 6.61 Å². The van der Waals surface area contributed by atoms with Crippen LogP contribution in [0.15, 0.2) is 51.7 Å². The van der Waals surface area contributed by atoms with Crippen LogP contribution in [0.4, 0.5) is 0 Å². The quantitative estimate of drug-likeness (QED) is 0.640. The smallest absolute Gasteiger partial charge is 0.336 e. The Labute approximate surface area is 142 Å². The highest BCUT2D eigenvalue weighted by Crippen LogP contribution is 2.28. The Morgan fingerprint density at radius 2 is 1.78 bits per heavy atom. The fraction of sp³-hybridized carbons (Fsp3) is 0.118. The first kappa shape index (κ1) is 15.7. The summed E-state index contributed by atoms with van der Waals surface area (Å²) in [7, 11) is 1.55. The molecule has 2 aromatic carbocycles. The fourth-order valence-corrected chi connectivity index (χ4v) is 2.47. The molecular weight excluding hydrogens is 339 g/mol. The Morgan fingerprint density at radius 1 is 1.00 bits per heavy atom. The molecule has 118 valence electrons. The number of hydrogen-bond acceptors (Lipinski definition) is 4. The van der Waals surface area contributed by atoms with Gasteiger partial charge in [-0.05, 0) is 24.3 Å². The van der Waals surface area contributed by atoms with E-state index >= 15 is 0 Å². The molecule has 1 aromatic heterocycles. The molecule has 4 nitrogen and oxygen atoms in total. The van der Waals surface area contributed by atoms with E-state index in [9.17, 15) is 4.79 Å². The van der Waals surface area contributed by atoms with Crippen LogP contribution in [0, 0.1) is 0 Å². The summed E-state index contributed by atoms with van der Waals surface area (Å²) in [5.41, 5.74) is 0.716. The molecule has 3 rings (SSSR count). The van der Waals surface area contributed by atoms with Gasteiger partial charge in [-0.2, -0.15) is 0 Å². The third-order valence-corrected chi connectivity index (χ3v) is 4.06. The zero-order valence-electron chi connectivity index (χ0n) is 12.1. The minimum Gasteiger partial charge on any atom is -0.497 e. The number of fused-ring (bicyclic) bond motifs is 1. The summed E-state index contributed by atoms with van der Waals surface area (Å²) in [6.45, 7) is 0.201. The third kappa shape index (κ3) is 3.44. The van der Waals surface area contributed by atoms with Crippen LogP contribution in [-0.4, -0.2) is 7.11 Å². The molecule has 0 aliphatic heterocycles. The van der Waals surface area contributed by atoms with Gasteiger partial charge in [-0.25, -0.2) is 4.79 Å². The molecule has 0 radical (unpaired) electrons. The summed E-state index contributed by atoms with van der Waals surface area (Å²) in [6.07, 6.45) is 0. The average molecular weight is 351 g/mol. The highest BCUT2D eigenvalue weighted by Gasteiger charge is 2.08. The largest absolute Gasteiger partial charge is 0.497 e. The molecule has 0 aliphatic rings. The summed E-state index contributed by atoms with van der Waals surface area (Å²) >= 11 is 11.8. The van der Waals surface area contributed by atoms with E-state index in [4.69, 9.17) is 37.1 Å². The van der Waals surface area contributed by atoms with E-state index in [0.717, 1.165) is 5.39 Å². The lowest BCUT2D eigenvalue weighted by Gasteiger charge is -2.09. The maximum Gasteiger partial charge on any atom is 0.336 e. The van der Waals surface area contributed by atoms with E-state index < -0.39 is 5.63 Å². The normalized spacial score (nSPS) is 10.7. The van der Waals surface area contributed by atoms with Crippen LogP contribution >= 0.6 is 23.2 Å². The monoisotopic (exact) mass is 350 g/mol. The van der Waals surface area contributed by atoms with E-state index in [0.29, 0.717) is 32.7 Å². The molecule has 0 unspecified atom stereocenters. The molecule has 3 aromatic rings. The van der Waals surface area contributed by atoms with Crippen molar-refractivity contribution in [2.45, 2.75) is 6.61 Å². The predicted molar refractivity (Wildman–Crippen MR) is 89.8 cm³/mol. The number of methoxy groups -OCH3 is 1. The van der Waals surface area contributed by atoms with Crippen molar-refractivity contribution in [3.63, 3.8) is 0 Å². The van der Waals surface area contributed by atoms with Gasteiger partial charge in [0.1, 0.15) is 23.7 Å². The fourth-order valence-electron chi connectivity index (χ4n) is 2.18. The zero-order chi connectivity index (χ0) is 16.4. The highest BCUT2D eigenvalue weighted by molar-refractivity contribution is 6.42. The molecule has 0 bridgehead atoms. The molecule has 0 amide bonds. The molecule has 0 aliphatic carbocycles. The van der Waals surface area contributed by atoms with Crippen LogP contribution in [0.25, 0.3) is 11.0 Å². The molecular formula is C17H12Cl2O4. The van der Waals surface area contributed by atoms with Gasteiger partial charge < -0.3 is 13.9 Å². The van der Waals surface area contributed by atoms with Gasteiger partial charge in [-0.1, -0.05) is 23.2 Å². The summed E-state index contributed by atoms with van der Waals surface area (Å²) in [6, 6.07) is 11.7. The van der Waals surface area contributed by atoms with Gasteiger partial charge >= 0.3 is 5.63 Å². The second-order valence-electron chi connectivity index (χ2n) is 4.82. The lowest BCUT2D eigenvalue weighted by atomic mass is 10.1. The SMILES string of the molecule is COc1ccc2c(COc3ccc(Cl)c(Cl)c3)cc(=O)oc2c1. The Balaban J connectivity index is 1.93. The van der Waals surface area contributed by atoms with Crippen LogP contribution in [0.1, 0.15) is 5.56 Å². The Morgan fingerprint density at radius 3 is 2.52 bits per heavy atom. The standard InChI is InChI=1S/C17H12Cl2O4/c1-21-11-2-4-13-10(6-17(20)23-16(13)8-11)9-22-12-3-5-14(18)15(19)7-12/h2-8H,9H2,1H3. The van der Waals surface area contributed by atoms with Gasteiger partial charge in [0, 0.05) is 29.1 Å². The lowest BCUT2D eigenvalue weighted by molar-refractivity contribution is 0.306. The second kappa shape index (κ2) is 6.52. The molecule has 0 saturated heterocycles. The van der Waals surface area contributed by atoms with Gasteiger partial charge in [-0.15, -0.1) is 0 Å². The number of hydrogen-bond donors (Lipinski definition) is 0. The summed E-state index contributed by atoms with van der Waals surface area (Å²) in [5.74, 6) is 1.18. The average Bonchev–Trinajstić information content (AvgIpc) is 2.54. The van der Waals surface area contributed by atoms with Crippen molar-refractivity contribution in [1.82, 2.24) is 0 Å². The predicted octanol–water partition coefficient (Wildman–Crippen LogP) is 4.69. The first-order valence-corrected chi connectivity index (χ1v) is 7.51. The topological polar surface area (TPSA) is 48.7 Å². The Kier molecular flexibility index (Phi) is 4.46. The van der Waals surface area contributed by atoms with Gasteiger partial charge in [0.05, 0.1) is 17.2 Å². The number of rotatable bonds is 4. The maximum atomic E-state index is 11.7. The van der Waals surface area contributed by atoms with Crippen molar-refractivity contribution < 1.29 is 13.9 Å². The Bertz CT molecular complexity index is 918. The number of ether oxygens (including phenoxy) is 2. The molecule has 6 heteroatoms. The van der Waals surface area contributed by atoms with Crippen molar-refractivity contribution in [2.75, 3.05) is 7.11 Å². The summed E-state index contributed by atoms with van der Waals surface area (Å²) in [5, 5.41) is 1.65. The van der Waals surface area contributed by atoms with Crippen LogP contribution in [0.2, 0.25) is 10.0 Å². The number of benzene rings is 2. The maximum absolute atomic E-state index is 11.7. The first-order valence-electron chi connectivity index (χ1n) is 6.75. The van der Waals surface area contributed by atoms with Crippen molar-refractivity contribution in [3.8, 4) is 11.5 Å². The molecule has 0 atom stereocenters. The summed E-state index contributed by atoms with van der Waals surface area (Å²) < 4.78 is 16.0. The van der Waals surface area contributed by atoms with Crippen molar-refractivity contribution in [3.05, 3.63) is 68.5 Å². The molecule has 23 heavy (non-hydrogen) atoms. The minimum absolute atomic E-state index is 0.201. The van der Waals surface area contributed by atoms with Crippen molar-refractivity contribution >= 4 is 34.2 Å². The van der Waals surface area contributed by atoms with E-state index in [1.54, 1.807) is 37.4 Å². The Hall–Kier alpha value is -2.17. The van der Waals surface area contributed by atoms with E-state index in [1.165, 1.54) is 6.07 Å². The van der Waals surface area contributed by atoms with E-state index in [1.807, 2.05) is 6.07 Å². The first-order chi connectivity index (χ1) is 11.1. The molecule has 0 N–H and O–H groups in total. The third-order valence-electron chi connectivity index (χ3n) is 3.32. The van der Waals surface area contributed by atoms with Crippen molar-refractivity contribution in [2.24, 2.45) is 0 Å². The lowest BCUT2D eigenvalue weighted by Crippen LogP contribution is -2.04. The summed E-state index contributed by atoms with van der Waals surface area (Å²) in [4.78, 5) is 11.7. The van der Waals surface area contributed by atoms with Crippen LogP contribution in [0.3, 0.4) is 0 Å². The van der Waals surface area contributed by atoms with Crippen LogP contribution in [0.5, 0.6) is 11.5 Å². The minimum atomic E-state index is -0.446. The van der Waals surface area contributed by atoms with Gasteiger partial charge in [0.25, 0.3) is 0 Å². The van der Waals surface area contributed by atoms with Crippen LogP contribution < -0.4 is 15.1 Å². The van der Waals surface area contributed by atoms with Gasteiger partial charge in [-0.3, -0.25) is 0 Å². The van der Waals surface area contributed by atoms with Gasteiger partial charge in [0.15, 0.2) is 0 Å². The molecule has 0 fully saturated rings. The second-order valence-corrected chi connectivity index (χ2v) is 5.63. The molecule has 1 heterocycles. The molecule has 0 saturated carbocycles. The van der Waals surface area contributed by atoms with Crippen LogP contribution in [-0.2, 0) is 6.61 Å². The highest BCUT2D eigenvalue weighted by atomic mass is 35.5. The van der Waals surface area contributed by atoms with E-state index in [2.05, 4.69) is 0 Å².